The summed E-state index contributed by atoms with van der Waals surface area (Å²) in [5.74, 6) is 0.0480. The highest BCUT2D eigenvalue weighted by atomic mass is 35.5. The van der Waals surface area contributed by atoms with E-state index in [0.717, 1.165) is 31.7 Å². The van der Waals surface area contributed by atoms with Gasteiger partial charge in [-0.1, -0.05) is 23.7 Å². The van der Waals surface area contributed by atoms with Crippen molar-refractivity contribution in [3.63, 3.8) is 0 Å². The van der Waals surface area contributed by atoms with Gasteiger partial charge >= 0.3 is 0 Å². The predicted octanol–water partition coefficient (Wildman–Crippen LogP) is 2.04. The van der Waals surface area contributed by atoms with Crippen LogP contribution in [0.1, 0.15) is 15.9 Å². The first-order valence-electron chi connectivity index (χ1n) is 5.82. The summed E-state index contributed by atoms with van der Waals surface area (Å²) in [6.45, 7) is 5.33. The van der Waals surface area contributed by atoms with Crippen LogP contribution in [0.5, 0.6) is 0 Å². The number of halogens is 1. The summed E-state index contributed by atoms with van der Waals surface area (Å²) in [5.41, 5.74) is 1.57. The van der Waals surface area contributed by atoms with Crippen LogP contribution >= 0.6 is 11.6 Å². The topological polar surface area (TPSA) is 23.6 Å². The van der Waals surface area contributed by atoms with E-state index in [1.54, 1.807) is 6.07 Å². The molecule has 0 spiro atoms. The van der Waals surface area contributed by atoms with E-state index in [4.69, 9.17) is 11.6 Å². The Bertz CT molecular complexity index is 425. The smallest absolute Gasteiger partial charge is 0.255 e. The molecule has 1 amide bonds. The van der Waals surface area contributed by atoms with E-state index < -0.39 is 0 Å². The van der Waals surface area contributed by atoms with Gasteiger partial charge in [0.2, 0.25) is 0 Å². The minimum Gasteiger partial charge on any atom is -0.336 e. The van der Waals surface area contributed by atoms with Crippen molar-refractivity contribution in [2.75, 3.05) is 33.2 Å². The molecule has 1 aromatic rings. The van der Waals surface area contributed by atoms with Gasteiger partial charge in [-0.3, -0.25) is 4.79 Å². The van der Waals surface area contributed by atoms with Gasteiger partial charge in [-0.2, -0.15) is 0 Å². The van der Waals surface area contributed by atoms with Crippen LogP contribution in [0.25, 0.3) is 0 Å². The molecule has 1 aliphatic rings. The van der Waals surface area contributed by atoms with Crippen LogP contribution in [0.3, 0.4) is 0 Å². The maximum Gasteiger partial charge on any atom is 0.255 e. The minimum absolute atomic E-state index is 0.0480. The molecule has 0 N–H and O–H groups in total. The number of hydrogen-bond acceptors (Lipinski definition) is 2. The fraction of sp³-hybridized carbons (Fsp3) is 0.462. The van der Waals surface area contributed by atoms with Crippen LogP contribution in [0.4, 0.5) is 0 Å². The van der Waals surface area contributed by atoms with Crippen molar-refractivity contribution >= 4 is 17.5 Å². The molecule has 0 saturated carbocycles. The average Bonchev–Trinajstić information content (AvgIpc) is 2.33. The maximum atomic E-state index is 12.3. The van der Waals surface area contributed by atoms with Gasteiger partial charge in [0.15, 0.2) is 0 Å². The molecule has 0 unspecified atom stereocenters. The zero-order valence-corrected chi connectivity index (χ0v) is 11.0. The van der Waals surface area contributed by atoms with Crippen LogP contribution < -0.4 is 0 Å². The first kappa shape index (κ1) is 12.4. The SMILES string of the molecule is Cc1cccc(C(=O)N2CCN(C)CC2)c1Cl. The van der Waals surface area contributed by atoms with Gasteiger partial charge in [-0.15, -0.1) is 0 Å². The van der Waals surface area contributed by atoms with E-state index >= 15 is 0 Å². The lowest BCUT2D eigenvalue weighted by molar-refractivity contribution is 0.0664. The third-order valence-corrected chi connectivity index (χ3v) is 3.71. The van der Waals surface area contributed by atoms with E-state index in [1.165, 1.54) is 0 Å². The number of carbonyl (C=O) groups is 1. The molecular formula is C13H17ClN2O. The highest BCUT2D eigenvalue weighted by Gasteiger charge is 2.22. The largest absolute Gasteiger partial charge is 0.336 e. The van der Waals surface area contributed by atoms with Crippen LogP contribution in [0.15, 0.2) is 18.2 Å². The molecule has 0 bridgehead atoms. The van der Waals surface area contributed by atoms with E-state index in [2.05, 4.69) is 11.9 Å². The second-order valence-corrected chi connectivity index (χ2v) is 4.91. The molecule has 1 fully saturated rings. The molecule has 4 heteroatoms. The highest BCUT2D eigenvalue weighted by molar-refractivity contribution is 6.34. The molecule has 0 atom stereocenters. The van der Waals surface area contributed by atoms with Crippen molar-refractivity contribution < 1.29 is 4.79 Å². The number of benzene rings is 1. The first-order valence-corrected chi connectivity index (χ1v) is 6.20. The third-order valence-electron chi connectivity index (χ3n) is 3.21. The maximum absolute atomic E-state index is 12.3. The lowest BCUT2D eigenvalue weighted by atomic mass is 10.1. The van der Waals surface area contributed by atoms with E-state index in [0.29, 0.717) is 10.6 Å². The third kappa shape index (κ3) is 2.61. The molecule has 0 radical (unpaired) electrons. The van der Waals surface area contributed by atoms with Crippen molar-refractivity contribution in [2.24, 2.45) is 0 Å². The van der Waals surface area contributed by atoms with Crippen molar-refractivity contribution in [1.29, 1.82) is 0 Å². The quantitative estimate of drug-likeness (QED) is 0.764. The van der Waals surface area contributed by atoms with Crippen molar-refractivity contribution in [3.05, 3.63) is 34.3 Å². The van der Waals surface area contributed by atoms with Gasteiger partial charge in [-0.25, -0.2) is 0 Å². The molecule has 3 nitrogen and oxygen atoms in total. The lowest BCUT2D eigenvalue weighted by Gasteiger charge is -2.32. The van der Waals surface area contributed by atoms with Gasteiger partial charge < -0.3 is 9.80 Å². The monoisotopic (exact) mass is 252 g/mol. The number of hydrogen-bond donors (Lipinski definition) is 0. The standard InChI is InChI=1S/C13H17ClN2O/c1-10-4-3-5-11(12(10)14)13(17)16-8-6-15(2)7-9-16/h3-5H,6-9H2,1-2H3. The molecule has 1 heterocycles. The van der Waals surface area contributed by atoms with Gasteiger partial charge in [0.1, 0.15) is 0 Å². The molecule has 0 aliphatic carbocycles. The van der Waals surface area contributed by atoms with E-state index in [-0.39, 0.29) is 5.91 Å². The second kappa shape index (κ2) is 5.07. The zero-order valence-electron chi connectivity index (χ0n) is 10.2. The van der Waals surface area contributed by atoms with Gasteiger partial charge in [0.25, 0.3) is 5.91 Å². The summed E-state index contributed by atoms with van der Waals surface area (Å²) in [6, 6.07) is 5.60. The Labute approximate surface area is 107 Å². The Morgan fingerprint density at radius 1 is 1.24 bits per heavy atom. The van der Waals surface area contributed by atoms with E-state index in [9.17, 15) is 4.79 Å². The molecule has 1 saturated heterocycles. The Kier molecular flexibility index (Phi) is 3.69. The number of rotatable bonds is 1. The molecule has 1 aliphatic heterocycles. The average molecular weight is 253 g/mol. The summed E-state index contributed by atoms with van der Waals surface area (Å²) in [6.07, 6.45) is 0. The number of likely N-dealkylation sites (N-methyl/N-ethyl adjacent to an activating group) is 1. The van der Waals surface area contributed by atoms with Crippen LogP contribution in [0.2, 0.25) is 5.02 Å². The number of nitrogens with zero attached hydrogens (tertiary/aromatic N) is 2. The Morgan fingerprint density at radius 2 is 1.88 bits per heavy atom. The van der Waals surface area contributed by atoms with E-state index in [1.807, 2.05) is 24.0 Å². The summed E-state index contributed by atoms with van der Waals surface area (Å²) in [7, 11) is 2.07. The van der Waals surface area contributed by atoms with Gasteiger partial charge in [-0.05, 0) is 25.6 Å². The van der Waals surface area contributed by atoms with Gasteiger partial charge in [0, 0.05) is 26.2 Å². The fourth-order valence-electron chi connectivity index (χ4n) is 1.99. The number of carbonyl (C=O) groups excluding carboxylic acids is 1. The second-order valence-electron chi connectivity index (χ2n) is 4.53. The fourth-order valence-corrected chi connectivity index (χ4v) is 2.20. The number of amides is 1. The molecule has 17 heavy (non-hydrogen) atoms. The highest BCUT2D eigenvalue weighted by Crippen LogP contribution is 2.22. The number of aryl methyl sites for hydroxylation is 1. The molecule has 0 aromatic heterocycles. The molecule has 1 aromatic carbocycles. The first-order chi connectivity index (χ1) is 8.09. The predicted molar refractivity (Wildman–Crippen MR) is 69.6 cm³/mol. The summed E-state index contributed by atoms with van der Waals surface area (Å²) in [5, 5.41) is 0.580. The summed E-state index contributed by atoms with van der Waals surface area (Å²) in [4.78, 5) is 16.4. The van der Waals surface area contributed by atoms with Crippen LogP contribution in [-0.4, -0.2) is 48.9 Å². The normalized spacial score (nSPS) is 17.2. The Balaban J connectivity index is 2.17. The van der Waals surface area contributed by atoms with Crippen LogP contribution in [0, 0.1) is 6.92 Å². The number of piperazine rings is 1. The van der Waals surface area contributed by atoms with Crippen molar-refractivity contribution in [2.45, 2.75) is 6.92 Å². The summed E-state index contributed by atoms with van der Waals surface area (Å²) >= 11 is 6.18. The van der Waals surface area contributed by atoms with Crippen molar-refractivity contribution in [3.8, 4) is 0 Å². The Hall–Kier alpha value is -1.06. The lowest BCUT2D eigenvalue weighted by Crippen LogP contribution is -2.47. The summed E-state index contributed by atoms with van der Waals surface area (Å²) < 4.78 is 0. The zero-order chi connectivity index (χ0) is 12.4. The molecule has 2 rings (SSSR count). The molecule has 92 valence electrons. The van der Waals surface area contributed by atoms with Crippen LogP contribution in [-0.2, 0) is 0 Å². The minimum atomic E-state index is 0.0480. The van der Waals surface area contributed by atoms with Crippen molar-refractivity contribution in [1.82, 2.24) is 9.80 Å². The Morgan fingerprint density at radius 3 is 2.53 bits per heavy atom. The molecular weight excluding hydrogens is 236 g/mol. The van der Waals surface area contributed by atoms with Gasteiger partial charge in [0.05, 0.1) is 10.6 Å².